The minimum atomic E-state index is 0.617. The third kappa shape index (κ3) is 2.09. The molecule has 1 heterocycles. The average Bonchev–Trinajstić information content (AvgIpc) is 2.30. The van der Waals surface area contributed by atoms with E-state index in [0.717, 1.165) is 17.7 Å². The van der Waals surface area contributed by atoms with Crippen LogP contribution in [-0.2, 0) is 13.4 Å². The fourth-order valence-corrected chi connectivity index (χ4v) is 0.983. The molecule has 0 saturated heterocycles. The standard InChI is InChI=1S/C8H15BN3/c1-6(2)9-5-8-7(3)12(4)11-10-8/h6H,5H2,1-4H3. The zero-order valence-corrected chi connectivity index (χ0v) is 8.20. The molecule has 65 valence electrons. The second kappa shape index (κ2) is 3.74. The molecule has 1 radical (unpaired) electrons. The topological polar surface area (TPSA) is 30.7 Å². The van der Waals surface area contributed by atoms with Crippen LogP contribution in [0, 0.1) is 6.92 Å². The molecule has 1 aromatic rings. The van der Waals surface area contributed by atoms with Gasteiger partial charge in [-0.25, -0.2) is 0 Å². The van der Waals surface area contributed by atoms with Crippen LogP contribution in [0.1, 0.15) is 25.2 Å². The third-order valence-electron chi connectivity index (χ3n) is 1.99. The molecule has 0 N–H and O–H groups in total. The van der Waals surface area contributed by atoms with Gasteiger partial charge in [0.1, 0.15) is 7.28 Å². The van der Waals surface area contributed by atoms with E-state index in [4.69, 9.17) is 0 Å². The molecule has 0 amide bonds. The van der Waals surface area contributed by atoms with Gasteiger partial charge in [-0.05, 0) is 13.2 Å². The summed E-state index contributed by atoms with van der Waals surface area (Å²) in [5.74, 6) is 0.617. The largest absolute Gasteiger partial charge is 0.253 e. The molecule has 3 nitrogen and oxygen atoms in total. The fourth-order valence-electron chi connectivity index (χ4n) is 0.983. The summed E-state index contributed by atoms with van der Waals surface area (Å²) in [5, 5.41) is 8.01. The van der Waals surface area contributed by atoms with E-state index >= 15 is 0 Å². The van der Waals surface area contributed by atoms with Crippen LogP contribution in [0.15, 0.2) is 0 Å². The van der Waals surface area contributed by atoms with Crippen LogP contribution in [0.5, 0.6) is 0 Å². The molecule has 0 saturated carbocycles. The zero-order valence-electron chi connectivity index (χ0n) is 8.20. The maximum absolute atomic E-state index is 4.07. The van der Waals surface area contributed by atoms with Crippen molar-refractivity contribution in [1.29, 1.82) is 0 Å². The fraction of sp³-hybridized carbons (Fsp3) is 0.750. The Bertz CT molecular complexity index is 255. The van der Waals surface area contributed by atoms with E-state index in [9.17, 15) is 0 Å². The first-order chi connectivity index (χ1) is 5.61. The molecular weight excluding hydrogens is 149 g/mol. The third-order valence-corrected chi connectivity index (χ3v) is 1.99. The SMILES string of the molecule is Cc1c(C[B]C(C)C)nnn1C. The lowest BCUT2D eigenvalue weighted by Crippen LogP contribution is -2.03. The molecule has 12 heavy (non-hydrogen) atoms. The summed E-state index contributed by atoms with van der Waals surface area (Å²) >= 11 is 0. The van der Waals surface area contributed by atoms with E-state index in [1.54, 1.807) is 0 Å². The molecule has 0 aliphatic rings. The number of rotatable bonds is 3. The highest BCUT2D eigenvalue weighted by atomic mass is 15.4. The van der Waals surface area contributed by atoms with Crippen LogP contribution in [0.4, 0.5) is 0 Å². The Morgan fingerprint density at radius 2 is 2.17 bits per heavy atom. The van der Waals surface area contributed by atoms with Crippen LogP contribution in [-0.4, -0.2) is 22.3 Å². The van der Waals surface area contributed by atoms with Crippen LogP contribution in [0.2, 0.25) is 5.82 Å². The summed E-state index contributed by atoms with van der Waals surface area (Å²) in [6.07, 6.45) is 0.928. The van der Waals surface area contributed by atoms with E-state index in [1.807, 2.05) is 18.7 Å². The van der Waals surface area contributed by atoms with Crippen molar-refractivity contribution in [3.63, 3.8) is 0 Å². The van der Waals surface area contributed by atoms with Gasteiger partial charge in [0.15, 0.2) is 0 Å². The molecule has 0 aliphatic heterocycles. The summed E-state index contributed by atoms with van der Waals surface area (Å²) in [6, 6.07) is 0. The molecule has 0 fully saturated rings. The quantitative estimate of drug-likeness (QED) is 0.627. The highest BCUT2D eigenvalue weighted by molar-refractivity contribution is 6.36. The van der Waals surface area contributed by atoms with Crippen molar-refractivity contribution in [2.45, 2.75) is 32.9 Å². The molecule has 0 atom stereocenters. The predicted octanol–water partition coefficient (Wildman–Crippen LogP) is 1.16. The van der Waals surface area contributed by atoms with Gasteiger partial charge in [-0.1, -0.05) is 24.9 Å². The molecular formula is C8H15BN3. The number of hydrogen-bond donors (Lipinski definition) is 0. The molecule has 0 aliphatic carbocycles. The van der Waals surface area contributed by atoms with Crippen molar-refractivity contribution in [3.05, 3.63) is 11.4 Å². The van der Waals surface area contributed by atoms with Crippen LogP contribution in [0.3, 0.4) is 0 Å². The molecule has 0 aromatic carbocycles. The Hall–Kier alpha value is -0.795. The Morgan fingerprint density at radius 3 is 2.58 bits per heavy atom. The Morgan fingerprint density at radius 1 is 1.50 bits per heavy atom. The predicted molar refractivity (Wildman–Crippen MR) is 50.3 cm³/mol. The Labute approximate surface area is 74.4 Å². The monoisotopic (exact) mass is 164 g/mol. The highest BCUT2D eigenvalue weighted by Gasteiger charge is 2.06. The number of nitrogens with zero attached hydrogens (tertiary/aromatic N) is 3. The molecule has 0 bridgehead atoms. The van der Waals surface area contributed by atoms with Crippen molar-refractivity contribution in [2.24, 2.45) is 7.05 Å². The van der Waals surface area contributed by atoms with Gasteiger partial charge in [-0.3, -0.25) is 4.68 Å². The van der Waals surface area contributed by atoms with Gasteiger partial charge >= 0.3 is 0 Å². The molecule has 4 heteroatoms. The molecule has 0 unspecified atom stereocenters. The highest BCUT2D eigenvalue weighted by Crippen LogP contribution is 2.06. The van der Waals surface area contributed by atoms with Gasteiger partial charge in [-0.2, -0.15) is 0 Å². The second-order valence-corrected chi connectivity index (χ2v) is 3.43. The summed E-state index contributed by atoms with van der Waals surface area (Å²) in [5.41, 5.74) is 2.25. The van der Waals surface area contributed by atoms with Gasteiger partial charge in [0.25, 0.3) is 0 Å². The lowest BCUT2D eigenvalue weighted by molar-refractivity contribution is 0.696. The summed E-state index contributed by atoms with van der Waals surface area (Å²) in [7, 11) is 4.16. The van der Waals surface area contributed by atoms with E-state index in [1.165, 1.54) is 0 Å². The Kier molecular flexibility index (Phi) is 2.90. The Balaban J connectivity index is 2.58. The number of aryl methyl sites for hydroxylation is 1. The zero-order chi connectivity index (χ0) is 9.14. The first-order valence-electron chi connectivity index (χ1n) is 4.29. The number of hydrogen-bond acceptors (Lipinski definition) is 2. The normalized spacial score (nSPS) is 10.8. The lowest BCUT2D eigenvalue weighted by Gasteiger charge is -2.00. The van der Waals surface area contributed by atoms with E-state index in [0.29, 0.717) is 5.82 Å². The van der Waals surface area contributed by atoms with Crippen molar-refractivity contribution in [2.75, 3.05) is 0 Å². The van der Waals surface area contributed by atoms with Crippen LogP contribution >= 0.6 is 0 Å². The van der Waals surface area contributed by atoms with Gasteiger partial charge in [0.05, 0.1) is 11.4 Å². The van der Waals surface area contributed by atoms with Crippen molar-refractivity contribution < 1.29 is 0 Å². The van der Waals surface area contributed by atoms with Crippen LogP contribution < -0.4 is 0 Å². The average molecular weight is 164 g/mol. The van der Waals surface area contributed by atoms with Gasteiger partial charge < -0.3 is 0 Å². The van der Waals surface area contributed by atoms with E-state index in [-0.39, 0.29) is 0 Å². The van der Waals surface area contributed by atoms with Gasteiger partial charge in [0, 0.05) is 7.05 Å². The summed E-state index contributed by atoms with van der Waals surface area (Å²) in [4.78, 5) is 0. The molecule has 1 rings (SSSR count). The van der Waals surface area contributed by atoms with Crippen LogP contribution in [0.25, 0.3) is 0 Å². The molecule has 1 aromatic heterocycles. The van der Waals surface area contributed by atoms with E-state index < -0.39 is 0 Å². The van der Waals surface area contributed by atoms with E-state index in [2.05, 4.69) is 31.4 Å². The maximum atomic E-state index is 4.07. The minimum absolute atomic E-state index is 0.617. The first kappa shape index (κ1) is 9.29. The maximum Gasteiger partial charge on any atom is 0.120 e. The van der Waals surface area contributed by atoms with Crippen molar-refractivity contribution in [3.8, 4) is 0 Å². The summed E-state index contributed by atoms with van der Waals surface area (Å²) < 4.78 is 1.81. The summed E-state index contributed by atoms with van der Waals surface area (Å²) in [6.45, 7) is 6.39. The van der Waals surface area contributed by atoms with Crippen molar-refractivity contribution in [1.82, 2.24) is 15.0 Å². The van der Waals surface area contributed by atoms with Gasteiger partial charge in [-0.15, -0.1) is 5.10 Å². The smallest absolute Gasteiger partial charge is 0.120 e. The minimum Gasteiger partial charge on any atom is -0.253 e. The molecule has 0 spiro atoms. The lowest BCUT2D eigenvalue weighted by atomic mass is 9.63. The number of aromatic nitrogens is 3. The first-order valence-corrected chi connectivity index (χ1v) is 4.29. The second-order valence-electron chi connectivity index (χ2n) is 3.43. The van der Waals surface area contributed by atoms with Gasteiger partial charge in [0.2, 0.25) is 0 Å². The van der Waals surface area contributed by atoms with Crippen molar-refractivity contribution >= 4 is 7.28 Å².